The number of rotatable bonds is 7. The lowest BCUT2D eigenvalue weighted by molar-refractivity contribution is 0.505. The van der Waals surface area contributed by atoms with Gasteiger partial charge in [0.2, 0.25) is 0 Å². The molecule has 0 fully saturated rings. The summed E-state index contributed by atoms with van der Waals surface area (Å²) < 4.78 is 0. The summed E-state index contributed by atoms with van der Waals surface area (Å²) in [4.78, 5) is 4.16. The van der Waals surface area contributed by atoms with Crippen molar-refractivity contribution in [2.45, 2.75) is 32.2 Å². The number of pyridine rings is 1. The quantitative estimate of drug-likeness (QED) is 0.823. The second-order valence-corrected chi connectivity index (χ2v) is 5.67. The number of halogens is 1. The Morgan fingerprint density at radius 3 is 2.81 bits per heavy atom. The van der Waals surface area contributed by atoms with E-state index >= 15 is 0 Å². The number of aromatic nitrogens is 1. The number of nitrogens with zero attached hydrogens (tertiary/aromatic N) is 1. The highest BCUT2D eigenvalue weighted by atomic mass is 35.5. The van der Waals surface area contributed by atoms with Crippen LogP contribution in [0.25, 0.3) is 0 Å². The number of hydrogen-bond donors (Lipinski definition) is 2. The van der Waals surface area contributed by atoms with E-state index in [1.54, 1.807) is 6.20 Å². The second-order valence-electron chi connectivity index (χ2n) is 5.24. The van der Waals surface area contributed by atoms with Crippen molar-refractivity contribution in [1.82, 2.24) is 10.3 Å². The molecule has 1 unspecified atom stereocenters. The predicted molar refractivity (Wildman–Crippen MR) is 89.6 cm³/mol. The normalized spacial score (nSPS) is 12.3. The SMILES string of the molecule is CCCNC(Cc1cccc(Cl)c1)Cc1cccnc1N. The van der Waals surface area contributed by atoms with Gasteiger partial charge in [0.1, 0.15) is 5.82 Å². The van der Waals surface area contributed by atoms with E-state index in [2.05, 4.69) is 23.3 Å². The van der Waals surface area contributed by atoms with Crippen LogP contribution in [0.4, 0.5) is 5.82 Å². The average molecular weight is 304 g/mol. The zero-order valence-corrected chi connectivity index (χ0v) is 13.1. The van der Waals surface area contributed by atoms with Crippen LogP contribution in [0.5, 0.6) is 0 Å². The molecule has 0 radical (unpaired) electrons. The van der Waals surface area contributed by atoms with Gasteiger partial charge in [-0.1, -0.05) is 36.7 Å². The molecule has 0 aliphatic rings. The highest BCUT2D eigenvalue weighted by Crippen LogP contribution is 2.16. The van der Waals surface area contributed by atoms with Crippen molar-refractivity contribution in [2.75, 3.05) is 12.3 Å². The van der Waals surface area contributed by atoms with E-state index in [1.807, 2.05) is 30.3 Å². The number of benzene rings is 1. The van der Waals surface area contributed by atoms with Crippen molar-refractivity contribution < 1.29 is 0 Å². The van der Waals surface area contributed by atoms with Crippen LogP contribution >= 0.6 is 11.6 Å². The number of hydrogen-bond acceptors (Lipinski definition) is 3. The van der Waals surface area contributed by atoms with Gasteiger partial charge < -0.3 is 11.1 Å². The summed E-state index contributed by atoms with van der Waals surface area (Å²) in [5.74, 6) is 0.617. The summed E-state index contributed by atoms with van der Waals surface area (Å²) in [5.41, 5.74) is 8.28. The lowest BCUT2D eigenvalue weighted by Gasteiger charge is -2.19. The van der Waals surface area contributed by atoms with Crippen molar-refractivity contribution in [3.8, 4) is 0 Å². The Hall–Kier alpha value is -1.58. The number of nitrogens with two attached hydrogens (primary N) is 1. The van der Waals surface area contributed by atoms with Crippen LogP contribution < -0.4 is 11.1 Å². The van der Waals surface area contributed by atoms with E-state index in [1.165, 1.54) is 5.56 Å². The fraction of sp³-hybridized carbons (Fsp3) is 0.353. The maximum absolute atomic E-state index is 6.07. The molecule has 0 amide bonds. The lowest BCUT2D eigenvalue weighted by atomic mass is 9.99. The molecule has 112 valence electrons. The first-order chi connectivity index (χ1) is 10.2. The smallest absolute Gasteiger partial charge is 0.126 e. The van der Waals surface area contributed by atoms with Crippen LogP contribution in [0.2, 0.25) is 5.02 Å². The molecule has 0 bridgehead atoms. The van der Waals surface area contributed by atoms with E-state index in [-0.39, 0.29) is 0 Å². The minimum absolute atomic E-state index is 0.329. The van der Waals surface area contributed by atoms with E-state index < -0.39 is 0 Å². The van der Waals surface area contributed by atoms with Gasteiger partial charge in [0.05, 0.1) is 0 Å². The van der Waals surface area contributed by atoms with Crippen molar-refractivity contribution in [3.05, 3.63) is 58.7 Å². The minimum Gasteiger partial charge on any atom is -0.383 e. The summed E-state index contributed by atoms with van der Waals surface area (Å²) >= 11 is 6.07. The number of nitrogen functional groups attached to an aromatic ring is 1. The molecular weight excluding hydrogens is 282 g/mol. The molecule has 0 saturated heterocycles. The Labute approximate surface area is 131 Å². The Morgan fingerprint density at radius 2 is 2.10 bits per heavy atom. The molecule has 3 N–H and O–H groups in total. The molecule has 0 aliphatic carbocycles. The van der Waals surface area contributed by atoms with Crippen LogP contribution in [0.3, 0.4) is 0 Å². The van der Waals surface area contributed by atoms with Gasteiger partial charge in [0.15, 0.2) is 0 Å². The van der Waals surface area contributed by atoms with Gasteiger partial charge in [-0.3, -0.25) is 0 Å². The van der Waals surface area contributed by atoms with E-state index in [9.17, 15) is 0 Å². The Bertz CT molecular complexity index is 571. The molecule has 4 heteroatoms. The second kappa shape index (κ2) is 8.01. The van der Waals surface area contributed by atoms with E-state index in [0.29, 0.717) is 11.9 Å². The van der Waals surface area contributed by atoms with Crippen LogP contribution in [-0.4, -0.2) is 17.6 Å². The van der Waals surface area contributed by atoms with Crippen LogP contribution in [0.15, 0.2) is 42.6 Å². The molecule has 0 saturated carbocycles. The summed E-state index contributed by atoms with van der Waals surface area (Å²) in [6.45, 7) is 3.16. The highest BCUT2D eigenvalue weighted by molar-refractivity contribution is 6.30. The maximum atomic E-state index is 6.07. The molecule has 1 aromatic carbocycles. The van der Waals surface area contributed by atoms with Gasteiger partial charge in [0, 0.05) is 17.3 Å². The molecule has 0 aliphatic heterocycles. The largest absolute Gasteiger partial charge is 0.383 e. The Balaban J connectivity index is 2.09. The Kier molecular flexibility index (Phi) is 6.03. The fourth-order valence-corrected chi connectivity index (χ4v) is 2.62. The van der Waals surface area contributed by atoms with Crippen molar-refractivity contribution in [2.24, 2.45) is 0 Å². The van der Waals surface area contributed by atoms with Gasteiger partial charge in [-0.15, -0.1) is 0 Å². The number of nitrogens with one attached hydrogen (secondary N) is 1. The van der Waals surface area contributed by atoms with Crippen LogP contribution in [-0.2, 0) is 12.8 Å². The van der Waals surface area contributed by atoms with Gasteiger partial charge in [-0.25, -0.2) is 4.98 Å². The number of anilines is 1. The molecule has 1 aromatic heterocycles. The third kappa shape index (κ3) is 5.03. The molecule has 1 atom stereocenters. The van der Waals surface area contributed by atoms with Crippen molar-refractivity contribution in [1.29, 1.82) is 0 Å². The third-order valence-corrected chi connectivity index (χ3v) is 3.68. The molecule has 3 nitrogen and oxygen atoms in total. The first kappa shape index (κ1) is 15.8. The average Bonchev–Trinajstić information content (AvgIpc) is 2.47. The van der Waals surface area contributed by atoms with Crippen LogP contribution in [0, 0.1) is 0 Å². The zero-order valence-electron chi connectivity index (χ0n) is 12.3. The van der Waals surface area contributed by atoms with Crippen molar-refractivity contribution >= 4 is 17.4 Å². The summed E-state index contributed by atoms with van der Waals surface area (Å²) in [7, 11) is 0. The topological polar surface area (TPSA) is 50.9 Å². The molecule has 2 rings (SSSR count). The molecular formula is C17H22ClN3. The van der Waals surface area contributed by atoms with Gasteiger partial charge in [-0.05, 0) is 55.1 Å². The lowest BCUT2D eigenvalue weighted by Crippen LogP contribution is -2.34. The van der Waals surface area contributed by atoms with Gasteiger partial charge >= 0.3 is 0 Å². The third-order valence-electron chi connectivity index (χ3n) is 3.45. The molecule has 1 heterocycles. The minimum atomic E-state index is 0.329. The zero-order chi connectivity index (χ0) is 15.1. The van der Waals surface area contributed by atoms with Crippen molar-refractivity contribution in [3.63, 3.8) is 0 Å². The van der Waals surface area contributed by atoms with E-state index in [4.69, 9.17) is 17.3 Å². The van der Waals surface area contributed by atoms with Gasteiger partial charge in [0.25, 0.3) is 0 Å². The molecule has 0 spiro atoms. The first-order valence-electron chi connectivity index (χ1n) is 7.36. The van der Waals surface area contributed by atoms with Gasteiger partial charge in [-0.2, -0.15) is 0 Å². The first-order valence-corrected chi connectivity index (χ1v) is 7.74. The molecule has 21 heavy (non-hydrogen) atoms. The Morgan fingerprint density at radius 1 is 1.24 bits per heavy atom. The fourth-order valence-electron chi connectivity index (χ4n) is 2.40. The summed E-state index contributed by atoms with van der Waals surface area (Å²) in [6, 6.07) is 12.3. The predicted octanol–water partition coefficient (Wildman–Crippen LogP) is 3.47. The van der Waals surface area contributed by atoms with Crippen LogP contribution in [0.1, 0.15) is 24.5 Å². The monoisotopic (exact) mass is 303 g/mol. The maximum Gasteiger partial charge on any atom is 0.126 e. The highest BCUT2D eigenvalue weighted by Gasteiger charge is 2.12. The van der Waals surface area contributed by atoms with E-state index in [0.717, 1.165) is 36.4 Å². The summed E-state index contributed by atoms with van der Waals surface area (Å²) in [6.07, 6.45) is 4.62. The summed E-state index contributed by atoms with van der Waals surface area (Å²) in [5, 5.41) is 4.37. The molecule has 2 aromatic rings. The standard InChI is InChI=1S/C17H22ClN3/c1-2-8-20-16(11-13-5-3-7-15(18)10-13)12-14-6-4-9-21-17(14)19/h3-7,9-10,16,20H,2,8,11-12H2,1H3,(H2,19,21).